The van der Waals surface area contributed by atoms with Gasteiger partial charge >= 0.3 is 5.97 Å². The number of rotatable bonds is 7. The maximum Gasteiger partial charge on any atom is 0.345 e. The normalized spacial score (nSPS) is 10.8. The average molecular weight is 298 g/mol. The van der Waals surface area contributed by atoms with Crippen molar-refractivity contribution in [1.82, 2.24) is 9.55 Å². The summed E-state index contributed by atoms with van der Waals surface area (Å²) in [6.45, 7) is 5.96. The molecule has 0 unspecified atom stereocenters. The molecule has 6 heteroatoms. The third-order valence-corrected chi connectivity index (χ3v) is 3.91. The summed E-state index contributed by atoms with van der Waals surface area (Å²) in [4.78, 5) is 28.1. The smallest absolute Gasteiger partial charge is 0.345 e. The lowest BCUT2D eigenvalue weighted by Crippen LogP contribution is -2.30. The molecule has 0 spiro atoms. The van der Waals surface area contributed by atoms with Crippen LogP contribution in [0.4, 0.5) is 0 Å². The maximum atomic E-state index is 12.3. The van der Waals surface area contributed by atoms with Crippen molar-refractivity contribution in [3.63, 3.8) is 0 Å². The standard InChI is InChI=1S/C14H22N2O3S/c1-5-6-7-8-20-14-15-9-11(13(18)19-4)12(17)16(14)10(2)3/h9-10H,5-8H2,1-4H3. The minimum atomic E-state index is -0.639. The number of hydrogen-bond acceptors (Lipinski definition) is 5. The summed E-state index contributed by atoms with van der Waals surface area (Å²) in [6.07, 6.45) is 4.73. The van der Waals surface area contributed by atoms with E-state index in [1.165, 1.54) is 19.7 Å². The van der Waals surface area contributed by atoms with Gasteiger partial charge in [-0.1, -0.05) is 31.5 Å². The summed E-state index contributed by atoms with van der Waals surface area (Å²) in [5, 5.41) is 0.661. The van der Waals surface area contributed by atoms with Crippen molar-refractivity contribution in [2.75, 3.05) is 12.9 Å². The number of ether oxygens (including phenoxy) is 1. The lowest BCUT2D eigenvalue weighted by atomic mass is 10.3. The second-order valence-electron chi connectivity index (χ2n) is 4.77. The summed E-state index contributed by atoms with van der Waals surface area (Å²) in [5.74, 6) is 0.282. The van der Waals surface area contributed by atoms with Crippen LogP contribution in [0.2, 0.25) is 0 Å². The molecule has 0 fully saturated rings. The molecule has 112 valence electrons. The Morgan fingerprint density at radius 3 is 2.70 bits per heavy atom. The van der Waals surface area contributed by atoms with E-state index < -0.39 is 5.97 Å². The highest BCUT2D eigenvalue weighted by molar-refractivity contribution is 7.99. The highest BCUT2D eigenvalue weighted by Gasteiger charge is 2.18. The fourth-order valence-corrected chi connectivity index (χ4v) is 2.87. The Kier molecular flexibility index (Phi) is 6.78. The summed E-state index contributed by atoms with van der Waals surface area (Å²) in [7, 11) is 1.26. The lowest BCUT2D eigenvalue weighted by molar-refractivity contribution is 0.0596. The Labute approximate surface area is 123 Å². The summed E-state index contributed by atoms with van der Waals surface area (Å²) < 4.78 is 6.16. The van der Waals surface area contributed by atoms with Crippen LogP contribution in [0.1, 0.15) is 56.4 Å². The van der Waals surface area contributed by atoms with Crippen LogP contribution < -0.4 is 5.56 Å². The van der Waals surface area contributed by atoms with Crippen molar-refractivity contribution >= 4 is 17.7 Å². The van der Waals surface area contributed by atoms with Crippen molar-refractivity contribution in [2.45, 2.75) is 51.2 Å². The van der Waals surface area contributed by atoms with Gasteiger partial charge in [0.25, 0.3) is 5.56 Å². The molecular weight excluding hydrogens is 276 g/mol. The highest BCUT2D eigenvalue weighted by atomic mass is 32.2. The third-order valence-electron chi connectivity index (χ3n) is 2.86. The van der Waals surface area contributed by atoms with Gasteiger partial charge in [0.1, 0.15) is 5.56 Å². The average Bonchev–Trinajstić information content (AvgIpc) is 2.42. The molecule has 0 saturated carbocycles. The molecule has 1 heterocycles. The first-order valence-corrected chi connectivity index (χ1v) is 7.84. The van der Waals surface area contributed by atoms with E-state index in [0.29, 0.717) is 5.16 Å². The molecular formula is C14H22N2O3S. The zero-order valence-electron chi connectivity index (χ0n) is 12.5. The molecule has 5 nitrogen and oxygen atoms in total. The fourth-order valence-electron chi connectivity index (χ4n) is 1.78. The molecule has 0 aromatic carbocycles. The Balaban J connectivity index is 3.04. The number of methoxy groups -OCH3 is 1. The first-order valence-electron chi connectivity index (χ1n) is 6.85. The largest absolute Gasteiger partial charge is 0.465 e. The molecule has 0 aliphatic carbocycles. The van der Waals surface area contributed by atoms with Crippen LogP contribution in [0.5, 0.6) is 0 Å². The number of thioether (sulfide) groups is 1. The van der Waals surface area contributed by atoms with E-state index in [4.69, 9.17) is 0 Å². The van der Waals surface area contributed by atoms with E-state index >= 15 is 0 Å². The van der Waals surface area contributed by atoms with Gasteiger partial charge in [-0.25, -0.2) is 9.78 Å². The summed E-state index contributed by atoms with van der Waals surface area (Å²) in [6, 6.07) is -0.0479. The Hall–Kier alpha value is -1.30. The molecule has 0 N–H and O–H groups in total. The Morgan fingerprint density at radius 2 is 2.15 bits per heavy atom. The predicted molar refractivity (Wildman–Crippen MR) is 80.5 cm³/mol. The number of hydrogen-bond donors (Lipinski definition) is 0. The minimum absolute atomic E-state index is 0.0147. The number of aromatic nitrogens is 2. The fraction of sp³-hybridized carbons (Fsp3) is 0.643. The molecule has 0 amide bonds. The molecule has 0 aliphatic rings. The van der Waals surface area contributed by atoms with Crippen LogP contribution in [-0.2, 0) is 4.74 Å². The summed E-state index contributed by atoms with van der Waals surface area (Å²) in [5.41, 5.74) is -0.348. The SMILES string of the molecule is CCCCCSc1ncc(C(=O)OC)c(=O)n1C(C)C. The molecule has 0 radical (unpaired) electrons. The number of esters is 1. The van der Waals surface area contributed by atoms with Gasteiger partial charge in [0.2, 0.25) is 0 Å². The molecule has 1 aromatic heterocycles. The van der Waals surface area contributed by atoms with Crippen LogP contribution in [-0.4, -0.2) is 28.4 Å². The van der Waals surface area contributed by atoms with Crippen molar-refractivity contribution in [3.8, 4) is 0 Å². The monoisotopic (exact) mass is 298 g/mol. The zero-order valence-corrected chi connectivity index (χ0v) is 13.3. The van der Waals surface area contributed by atoms with Crippen molar-refractivity contribution in [1.29, 1.82) is 0 Å². The second kappa shape index (κ2) is 8.09. The van der Waals surface area contributed by atoms with E-state index in [1.54, 1.807) is 16.3 Å². The molecule has 1 rings (SSSR count). The lowest BCUT2D eigenvalue weighted by Gasteiger charge is -2.15. The second-order valence-corrected chi connectivity index (χ2v) is 5.83. The van der Waals surface area contributed by atoms with Crippen LogP contribution >= 0.6 is 11.8 Å². The first kappa shape index (κ1) is 16.8. The van der Waals surface area contributed by atoms with Gasteiger partial charge in [-0.3, -0.25) is 9.36 Å². The van der Waals surface area contributed by atoms with E-state index in [0.717, 1.165) is 18.6 Å². The first-order chi connectivity index (χ1) is 9.52. The highest BCUT2D eigenvalue weighted by Crippen LogP contribution is 2.19. The van der Waals surface area contributed by atoms with Gasteiger partial charge in [-0.05, 0) is 20.3 Å². The summed E-state index contributed by atoms with van der Waals surface area (Å²) >= 11 is 1.56. The van der Waals surface area contributed by atoms with Crippen LogP contribution in [0.25, 0.3) is 0 Å². The van der Waals surface area contributed by atoms with Crippen LogP contribution in [0.15, 0.2) is 16.1 Å². The van der Waals surface area contributed by atoms with E-state index in [-0.39, 0.29) is 17.2 Å². The van der Waals surface area contributed by atoms with Gasteiger partial charge < -0.3 is 4.74 Å². The maximum absolute atomic E-state index is 12.3. The molecule has 0 saturated heterocycles. The topological polar surface area (TPSA) is 61.2 Å². The number of nitrogens with zero attached hydrogens (tertiary/aromatic N) is 2. The number of carbonyl (C=O) groups excluding carboxylic acids is 1. The van der Waals surface area contributed by atoms with E-state index in [1.807, 2.05) is 13.8 Å². The van der Waals surface area contributed by atoms with Crippen molar-refractivity contribution < 1.29 is 9.53 Å². The Morgan fingerprint density at radius 1 is 1.45 bits per heavy atom. The molecule has 20 heavy (non-hydrogen) atoms. The Bertz CT molecular complexity index is 512. The molecule has 1 aromatic rings. The van der Waals surface area contributed by atoms with Crippen LogP contribution in [0.3, 0.4) is 0 Å². The number of unbranched alkanes of at least 4 members (excludes halogenated alkanes) is 2. The predicted octanol–water partition coefficient (Wildman–Crippen LogP) is 2.89. The van der Waals surface area contributed by atoms with Gasteiger partial charge in [0.15, 0.2) is 5.16 Å². The molecule has 0 aliphatic heterocycles. The van der Waals surface area contributed by atoms with Gasteiger partial charge in [-0.15, -0.1) is 0 Å². The van der Waals surface area contributed by atoms with E-state index in [2.05, 4.69) is 16.6 Å². The van der Waals surface area contributed by atoms with Gasteiger partial charge in [0, 0.05) is 11.8 Å². The minimum Gasteiger partial charge on any atom is -0.465 e. The third kappa shape index (κ3) is 4.10. The van der Waals surface area contributed by atoms with Gasteiger partial charge in [-0.2, -0.15) is 0 Å². The van der Waals surface area contributed by atoms with Crippen molar-refractivity contribution in [3.05, 3.63) is 22.1 Å². The van der Waals surface area contributed by atoms with Crippen LogP contribution in [0, 0.1) is 0 Å². The molecule has 0 atom stereocenters. The zero-order chi connectivity index (χ0) is 15.1. The van der Waals surface area contributed by atoms with Gasteiger partial charge in [0.05, 0.1) is 13.3 Å². The van der Waals surface area contributed by atoms with Crippen molar-refractivity contribution in [2.24, 2.45) is 0 Å². The number of carbonyl (C=O) groups is 1. The quantitative estimate of drug-likeness (QED) is 0.335. The van der Waals surface area contributed by atoms with E-state index in [9.17, 15) is 9.59 Å². The molecule has 0 bridgehead atoms.